The molecular weight excluding hydrogens is 315 g/mol. The number of carbonyl (C=O) groups excluding carboxylic acids is 1. The molecule has 3 nitrogen and oxygen atoms in total. The maximum atomic E-state index is 14.4. The average molecular weight is 341 g/mol. The highest BCUT2D eigenvalue weighted by atomic mass is 35.5. The van der Waals surface area contributed by atoms with Crippen LogP contribution in [0.1, 0.15) is 45.1 Å². The quantitative estimate of drug-likeness (QED) is 0.850. The molecule has 5 heteroatoms. The summed E-state index contributed by atoms with van der Waals surface area (Å²) < 4.78 is 14.4. The van der Waals surface area contributed by atoms with Crippen LogP contribution in [0.4, 0.5) is 4.39 Å². The largest absolute Gasteiger partial charge is 0.337 e. The number of rotatable bonds is 1. The number of hydrogen-bond acceptors (Lipinski definition) is 2. The van der Waals surface area contributed by atoms with Crippen molar-refractivity contribution in [3.63, 3.8) is 0 Å². The number of nitrogens with one attached hydrogen (secondary N) is 1. The maximum Gasteiger partial charge on any atom is 0.230 e. The van der Waals surface area contributed by atoms with E-state index in [1.807, 2.05) is 17.0 Å². The van der Waals surface area contributed by atoms with Crippen molar-refractivity contribution in [1.82, 2.24) is 10.2 Å². The predicted molar refractivity (Wildman–Crippen MR) is 92.4 cm³/mol. The van der Waals surface area contributed by atoms with E-state index >= 15 is 0 Å². The second-order valence-corrected chi connectivity index (χ2v) is 7.57. The van der Waals surface area contributed by atoms with Crippen LogP contribution in [-0.4, -0.2) is 36.0 Å². The summed E-state index contributed by atoms with van der Waals surface area (Å²) in [4.78, 5) is 15.2. The Morgan fingerprint density at radius 1 is 1.22 bits per heavy atom. The van der Waals surface area contributed by atoms with Gasteiger partial charge in [-0.3, -0.25) is 4.79 Å². The van der Waals surface area contributed by atoms with Crippen LogP contribution >= 0.6 is 12.4 Å². The number of nitrogens with zero attached hydrogens (tertiary/aromatic N) is 1. The molecule has 23 heavy (non-hydrogen) atoms. The van der Waals surface area contributed by atoms with E-state index in [1.165, 1.54) is 6.07 Å². The minimum Gasteiger partial charge on any atom is -0.337 e. The van der Waals surface area contributed by atoms with Gasteiger partial charge < -0.3 is 10.2 Å². The molecule has 0 radical (unpaired) electrons. The Morgan fingerprint density at radius 2 is 1.83 bits per heavy atom. The van der Waals surface area contributed by atoms with Gasteiger partial charge in [0.05, 0.1) is 5.41 Å². The molecule has 2 heterocycles. The summed E-state index contributed by atoms with van der Waals surface area (Å²) in [5, 5.41) is 3.33. The SMILES string of the molecule is CC(C)(C)N1CC(c2ccccc2F)C2(CCNCC2)C1=O.Cl. The van der Waals surface area contributed by atoms with Crippen LogP contribution in [0, 0.1) is 11.2 Å². The summed E-state index contributed by atoms with van der Waals surface area (Å²) in [6.07, 6.45) is 1.58. The number of amides is 1. The van der Waals surface area contributed by atoms with E-state index in [1.54, 1.807) is 6.07 Å². The highest BCUT2D eigenvalue weighted by Gasteiger charge is 2.56. The smallest absolute Gasteiger partial charge is 0.230 e. The summed E-state index contributed by atoms with van der Waals surface area (Å²) in [5.41, 5.74) is 0.0277. The van der Waals surface area contributed by atoms with Crippen LogP contribution in [0.5, 0.6) is 0 Å². The molecule has 1 aromatic rings. The molecule has 1 N–H and O–H groups in total. The fourth-order valence-electron chi connectivity index (χ4n) is 4.03. The zero-order chi connectivity index (χ0) is 16.0. The second kappa shape index (κ2) is 6.40. The lowest BCUT2D eigenvalue weighted by atomic mass is 9.68. The van der Waals surface area contributed by atoms with E-state index in [-0.39, 0.29) is 35.6 Å². The van der Waals surface area contributed by atoms with E-state index < -0.39 is 5.41 Å². The third-order valence-corrected chi connectivity index (χ3v) is 5.29. The van der Waals surface area contributed by atoms with Crippen molar-refractivity contribution in [2.24, 2.45) is 5.41 Å². The lowest BCUT2D eigenvalue weighted by Crippen LogP contribution is -2.48. The predicted octanol–water partition coefficient (Wildman–Crippen LogP) is 3.34. The molecule has 0 saturated carbocycles. The van der Waals surface area contributed by atoms with Gasteiger partial charge in [0.15, 0.2) is 0 Å². The van der Waals surface area contributed by atoms with Crippen molar-refractivity contribution >= 4 is 18.3 Å². The fraction of sp³-hybridized carbons (Fsp3) is 0.611. The van der Waals surface area contributed by atoms with Crippen LogP contribution < -0.4 is 5.32 Å². The minimum atomic E-state index is -0.444. The van der Waals surface area contributed by atoms with Crippen molar-refractivity contribution in [3.8, 4) is 0 Å². The van der Waals surface area contributed by atoms with Crippen molar-refractivity contribution in [3.05, 3.63) is 35.6 Å². The number of likely N-dealkylation sites (tertiary alicyclic amines) is 1. The first-order valence-corrected chi connectivity index (χ1v) is 8.13. The third kappa shape index (κ3) is 2.99. The van der Waals surface area contributed by atoms with Gasteiger partial charge in [0, 0.05) is 18.0 Å². The van der Waals surface area contributed by atoms with Crippen LogP contribution in [-0.2, 0) is 4.79 Å². The van der Waals surface area contributed by atoms with Gasteiger partial charge in [-0.05, 0) is 58.3 Å². The van der Waals surface area contributed by atoms with Crippen LogP contribution in [0.3, 0.4) is 0 Å². The Balaban J connectivity index is 0.00000192. The van der Waals surface area contributed by atoms with Gasteiger partial charge in [-0.15, -0.1) is 12.4 Å². The number of piperidine rings is 1. The van der Waals surface area contributed by atoms with Gasteiger partial charge in [-0.1, -0.05) is 18.2 Å². The van der Waals surface area contributed by atoms with E-state index in [0.717, 1.165) is 25.9 Å². The zero-order valence-corrected chi connectivity index (χ0v) is 14.9. The van der Waals surface area contributed by atoms with Crippen molar-refractivity contribution in [1.29, 1.82) is 0 Å². The molecule has 2 aliphatic heterocycles. The molecule has 2 fully saturated rings. The Hall–Kier alpha value is -1.13. The van der Waals surface area contributed by atoms with Crippen LogP contribution in [0.25, 0.3) is 0 Å². The van der Waals surface area contributed by atoms with E-state index in [0.29, 0.717) is 12.1 Å². The summed E-state index contributed by atoms with van der Waals surface area (Å²) >= 11 is 0. The molecule has 1 unspecified atom stereocenters. The van der Waals surface area contributed by atoms with Gasteiger partial charge in [-0.2, -0.15) is 0 Å². The van der Waals surface area contributed by atoms with Crippen LogP contribution in [0.2, 0.25) is 0 Å². The lowest BCUT2D eigenvalue weighted by Gasteiger charge is -2.38. The molecule has 0 aliphatic carbocycles. The topological polar surface area (TPSA) is 32.3 Å². The van der Waals surface area contributed by atoms with Gasteiger partial charge in [0.2, 0.25) is 5.91 Å². The molecule has 2 aliphatic rings. The number of halogens is 2. The van der Waals surface area contributed by atoms with Gasteiger partial charge in [0.25, 0.3) is 0 Å². The normalized spacial score (nSPS) is 23.9. The first kappa shape index (κ1) is 18.2. The van der Waals surface area contributed by atoms with E-state index in [9.17, 15) is 9.18 Å². The number of benzene rings is 1. The average Bonchev–Trinajstić information content (AvgIpc) is 2.74. The Morgan fingerprint density at radius 3 is 2.39 bits per heavy atom. The molecule has 1 atom stereocenters. The Kier molecular flexibility index (Phi) is 5.07. The molecule has 128 valence electrons. The monoisotopic (exact) mass is 340 g/mol. The summed E-state index contributed by atoms with van der Waals surface area (Å²) in [5.74, 6) is -0.0359. The molecule has 2 saturated heterocycles. The molecular formula is C18H26ClFN2O. The molecule has 0 bridgehead atoms. The maximum absolute atomic E-state index is 14.4. The molecule has 1 aromatic carbocycles. The van der Waals surface area contributed by atoms with Gasteiger partial charge >= 0.3 is 0 Å². The second-order valence-electron chi connectivity index (χ2n) is 7.57. The minimum absolute atomic E-state index is 0. The molecule has 0 aromatic heterocycles. The molecule has 1 amide bonds. The Labute approximate surface area is 144 Å². The summed E-state index contributed by atoms with van der Waals surface area (Å²) in [6.45, 7) is 8.45. The summed E-state index contributed by atoms with van der Waals surface area (Å²) in [6, 6.07) is 6.95. The lowest BCUT2D eigenvalue weighted by molar-refractivity contribution is -0.141. The van der Waals surface area contributed by atoms with Crippen molar-refractivity contribution in [2.45, 2.75) is 45.1 Å². The van der Waals surface area contributed by atoms with E-state index in [2.05, 4.69) is 26.1 Å². The molecule has 1 spiro atoms. The highest BCUT2D eigenvalue weighted by Crippen LogP contribution is 2.51. The number of carbonyl (C=O) groups is 1. The standard InChI is InChI=1S/C18H25FN2O.ClH/c1-17(2,3)21-12-14(13-6-4-5-7-15(13)19)18(16(21)22)8-10-20-11-9-18;/h4-7,14,20H,8-12H2,1-3H3;1H. The Bertz CT molecular complexity index is 579. The van der Waals surface area contributed by atoms with Crippen molar-refractivity contribution in [2.75, 3.05) is 19.6 Å². The van der Waals surface area contributed by atoms with Gasteiger partial charge in [-0.25, -0.2) is 4.39 Å². The number of hydrogen-bond donors (Lipinski definition) is 1. The molecule has 3 rings (SSSR count). The first-order chi connectivity index (χ1) is 10.4. The highest BCUT2D eigenvalue weighted by molar-refractivity contribution is 5.87. The van der Waals surface area contributed by atoms with E-state index in [4.69, 9.17) is 0 Å². The third-order valence-electron chi connectivity index (χ3n) is 5.29. The first-order valence-electron chi connectivity index (χ1n) is 8.13. The van der Waals surface area contributed by atoms with Crippen molar-refractivity contribution < 1.29 is 9.18 Å². The van der Waals surface area contributed by atoms with Gasteiger partial charge in [0.1, 0.15) is 5.82 Å². The summed E-state index contributed by atoms with van der Waals surface area (Å²) in [7, 11) is 0. The van der Waals surface area contributed by atoms with Crippen LogP contribution in [0.15, 0.2) is 24.3 Å². The zero-order valence-electron chi connectivity index (χ0n) is 14.1. The fourth-order valence-corrected chi connectivity index (χ4v) is 4.03.